The normalized spacial score (nSPS) is 12.8. The van der Waals surface area contributed by atoms with Crippen molar-refractivity contribution in [1.82, 2.24) is 4.98 Å². The summed E-state index contributed by atoms with van der Waals surface area (Å²) in [7, 11) is 0. The van der Waals surface area contributed by atoms with Gasteiger partial charge in [0.2, 0.25) is 0 Å². The minimum Gasteiger partial charge on any atom is -0.478 e. The summed E-state index contributed by atoms with van der Waals surface area (Å²) >= 11 is 0. The maximum Gasteiger partial charge on any atom is 0.339 e. The lowest BCUT2D eigenvalue weighted by Crippen LogP contribution is -2.28. The van der Waals surface area contributed by atoms with E-state index in [1.165, 1.54) is 0 Å². The van der Waals surface area contributed by atoms with Crippen molar-refractivity contribution in [2.75, 3.05) is 18.0 Å². The van der Waals surface area contributed by atoms with Crippen LogP contribution >= 0.6 is 0 Å². The molecule has 1 aliphatic carbocycles. The number of nitrogens with zero attached hydrogens (tertiary/aromatic N) is 2. The molecule has 19 heavy (non-hydrogen) atoms. The first-order chi connectivity index (χ1) is 9.17. The molecule has 1 heterocycles. The fourth-order valence-electron chi connectivity index (χ4n) is 2.50. The van der Waals surface area contributed by atoms with Crippen molar-refractivity contribution >= 4 is 11.8 Å². The molecule has 100 valence electrons. The lowest BCUT2D eigenvalue weighted by Gasteiger charge is -2.23. The maximum absolute atomic E-state index is 11.4. The second kappa shape index (κ2) is 5.75. The quantitative estimate of drug-likeness (QED) is 0.822. The van der Waals surface area contributed by atoms with E-state index in [9.17, 15) is 9.90 Å². The van der Waals surface area contributed by atoms with Gasteiger partial charge >= 0.3 is 5.97 Å². The third-order valence-electron chi connectivity index (χ3n) is 3.34. The summed E-state index contributed by atoms with van der Waals surface area (Å²) in [6.07, 6.45) is 9.17. The molecule has 0 bridgehead atoms. The third-order valence-corrected chi connectivity index (χ3v) is 3.34. The Labute approximate surface area is 113 Å². The smallest absolute Gasteiger partial charge is 0.339 e. The molecule has 0 aliphatic heterocycles. The first-order valence-electron chi connectivity index (χ1n) is 6.61. The van der Waals surface area contributed by atoms with Crippen LogP contribution in [0.1, 0.15) is 41.4 Å². The Bertz CT molecular complexity index is 532. The second-order valence-electron chi connectivity index (χ2n) is 4.75. The highest BCUT2D eigenvalue weighted by atomic mass is 16.4. The van der Waals surface area contributed by atoms with Crippen LogP contribution in [0.4, 0.5) is 5.82 Å². The summed E-state index contributed by atoms with van der Waals surface area (Å²) < 4.78 is 0. The van der Waals surface area contributed by atoms with Crippen LogP contribution in [0, 0.1) is 12.3 Å². The molecule has 0 radical (unpaired) electrons. The molecule has 2 rings (SSSR count). The van der Waals surface area contributed by atoms with Crippen LogP contribution in [0.15, 0.2) is 6.07 Å². The van der Waals surface area contributed by atoms with Crippen molar-refractivity contribution in [3.05, 3.63) is 22.9 Å². The van der Waals surface area contributed by atoms with E-state index in [-0.39, 0.29) is 5.56 Å². The van der Waals surface area contributed by atoms with E-state index < -0.39 is 5.97 Å². The average Bonchev–Trinajstić information content (AvgIpc) is 2.84. The molecule has 1 aliphatic rings. The van der Waals surface area contributed by atoms with E-state index in [1.54, 1.807) is 6.07 Å². The monoisotopic (exact) mass is 258 g/mol. The zero-order valence-corrected chi connectivity index (χ0v) is 11.1. The van der Waals surface area contributed by atoms with Crippen molar-refractivity contribution in [3.8, 4) is 12.3 Å². The van der Waals surface area contributed by atoms with Gasteiger partial charge in [-0.05, 0) is 37.3 Å². The van der Waals surface area contributed by atoms with Crippen LogP contribution in [0.3, 0.4) is 0 Å². The van der Waals surface area contributed by atoms with Gasteiger partial charge in [-0.2, -0.15) is 0 Å². The number of pyridine rings is 1. The molecule has 0 spiro atoms. The summed E-state index contributed by atoms with van der Waals surface area (Å²) in [5, 5.41) is 9.36. The van der Waals surface area contributed by atoms with E-state index >= 15 is 0 Å². The fourth-order valence-corrected chi connectivity index (χ4v) is 2.50. The summed E-state index contributed by atoms with van der Waals surface area (Å²) in [5.74, 6) is 2.16. The van der Waals surface area contributed by atoms with E-state index in [0.717, 1.165) is 43.5 Å². The molecule has 4 nitrogen and oxygen atoms in total. The number of hydrogen-bond acceptors (Lipinski definition) is 3. The van der Waals surface area contributed by atoms with Gasteiger partial charge in [0.15, 0.2) is 0 Å². The van der Waals surface area contributed by atoms with Gasteiger partial charge in [0.05, 0.1) is 6.54 Å². The van der Waals surface area contributed by atoms with Gasteiger partial charge in [-0.3, -0.25) is 0 Å². The van der Waals surface area contributed by atoms with Gasteiger partial charge in [0.1, 0.15) is 11.4 Å². The molecule has 0 aromatic carbocycles. The van der Waals surface area contributed by atoms with Gasteiger partial charge in [-0.1, -0.05) is 12.8 Å². The number of terminal acetylenes is 1. The SMILES string of the molecule is C#CCN(CCC)c1nc2c(cc1C(=O)O)CCC2. The zero-order chi connectivity index (χ0) is 13.8. The van der Waals surface area contributed by atoms with E-state index in [1.807, 2.05) is 11.8 Å². The molecule has 4 heteroatoms. The highest BCUT2D eigenvalue weighted by Gasteiger charge is 2.22. The number of carboxylic acids is 1. The largest absolute Gasteiger partial charge is 0.478 e. The fraction of sp³-hybridized carbons (Fsp3) is 0.467. The number of hydrogen-bond donors (Lipinski definition) is 1. The van der Waals surface area contributed by atoms with Crippen molar-refractivity contribution in [1.29, 1.82) is 0 Å². The molecule has 0 atom stereocenters. The number of aromatic nitrogens is 1. The number of rotatable bonds is 5. The molecule has 1 aromatic rings. The van der Waals surface area contributed by atoms with Crippen LogP contribution in [-0.2, 0) is 12.8 Å². The molecule has 1 aromatic heterocycles. The van der Waals surface area contributed by atoms with Gasteiger partial charge in [-0.25, -0.2) is 9.78 Å². The Morgan fingerprint density at radius 2 is 2.37 bits per heavy atom. The lowest BCUT2D eigenvalue weighted by molar-refractivity contribution is 0.0697. The molecule has 0 saturated heterocycles. The van der Waals surface area contributed by atoms with Crippen LogP contribution in [0.25, 0.3) is 0 Å². The lowest BCUT2D eigenvalue weighted by atomic mass is 10.1. The maximum atomic E-state index is 11.4. The minimum atomic E-state index is -0.935. The number of fused-ring (bicyclic) bond motifs is 1. The van der Waals surface area contributed by atoms with E-state index in [2.05, 4.69) is 10.9 Å². The Morgan fingerprint density at radius 3 is 3.00 bits per heavy atom. The number of anilines is 1. The average molecular weight is 258 g/mol. The molecule has 0 unspecified atom stereocenters. The minimum absolute atomic E-state index is 0.268. The summed E-state index contributed by atoms with van der Waals surface area (Å²) in [6, 6.07) is 1.77. The van der Waals surface area contributed by atoms with E-state index in [4.69, 9.17) is 6.42 Å². The van der Waals surface area contributed by atoms with Gasteiger partial charge in [0, 0.05) is 12.2 Å². The van der Waals surface area contributed by atoms with Crippen LogP contribution < -0.4 is 4.90 Å². The summed E-state index contributed by atoms with van der Waals surface area (Å²) in [5.41, 5.74) is 2.36. The Hall–Kier alpha value is -2.02. The Kier molecular flexibility index (Phi) is 4.06. The van der Waals surface area contributed by atoms with Crippen LogP contribution in [0.2, 0.25) is 0 Å². The number of carbonyl (C=O) groups is 1. The number of carboxylic acid groups (broad SMARTS) is 1. The highest BCUT2D eigenvalue weighted by molar-refractivity contribution is 5.93. The number of aryl methyl sites for hydroxylation is 2. The van der Waals surface area contributed by atoms with E-state index in [0.29, 0.717) is 12.4 Å². The predicted octanol–water partition coefficient (Wildman–Crippen LogP) is 2.12. The van der Waals surface area contributed by atoms with Crippen molar-refractivity contribution < 1.29 is 9.90 Å². The molecule has 0 fully saturated rings. The molecular weight excluding hydrogens is 240 g/mol. The van der Waals surface area contributed by atoms with Crippen LogP contribution in [-0.4, -0.2) is 29.1 Å². The Morgan fingerprint density at radius 1 is 1.58 bits per heavy atom. The van der Waals surface area contributed by atoms with Crippen molar-refractivity contribution in [2.45, 2.75) is 32.6 Å². The molecule has 1 N–H and O–H groups in total. The Balaban J connectivity index is 2.47. The van der Waals surface area contributed by atoms with Gasteiger partial charge in [-0.15, -0.1) is 6.42 Å². The predicted molar refractivity (Wildman–Crippen MR) is 74.6 cm³/mol. The standard InChI is InChI=1S/C15H18N2O2/c1-3-8-17(9-4-2)14-12(15(18)19)10-11-6-5-7-13(11)16-14/h1,10H,4-9H2,2H3,(H,18,19). The first kappa shape index (κ1) is 13.4. The van der Waals surface area contributed by atoms with Crippen LogP contribution in [0.5, 0.6) is 0 Å². The summed E-state index contributed by atoms with van der Waals surface area (Å²) in [4.78, 5) is 17.9. The van der Waals surface area contributed by atoms with Crippen molar-refractivity contribution in [3.63, 3.8) is 0 Å². The third kappa shape index (κ3) is 2.70. The molecular formula is C15H18N2O2. The van der Waals surface area contributed by atoms with Gasteiger partial charge in [0.25, 0.3) is 0 Å². The molecule has 0 saturated carbocycles. The second-order valence-corrected chi connectivity index (χ2v) is 4.75. The highest BCUT2D eigenvalue weighted by Crippen LogP contribution is 2.27. The van der Waals surface area contributed by atoms with Crippen molar-refractivity contribution in [2.24, 2.45) is 0 Å². The molecule has 0 amide bonds. The topological polar surface area (TPSA) is 53.4 Å². The van der Waals surface area contributed by atoms with Gasteiger partial charge < -0.3 is 10.0 Å². The number of aromatic carboxylic acids is 1. The first-order valence-corrected chi connectivity index (χ1v) is 6.61. The zero-order valence-electron chi connectivity index (χ0n) is 11.1. The summed E-state index contributed by atoms with van der Waals surface area (Å²) in [6.45, 7) is 3.15.